The number of carbonyl (C=O) groups is 1. The van der Waals surface area contributed by atoms with Crippen LogP contribution in [0.25, 0.3) is 0 Å². The minimum atomic E-state index is -0.966. The first-order chi connectivity index (χ1) is 6.85. The Morgan fingerprint density at radius 3 is 2.47 bits per heavy atom. The molecule has 4 heteroatoms. The van der Waals surface area contributed by atoms with Crippen molar-refractivity contribution >= 4 is 5.97 Å². The molecule has 82 valence electrons. The van der Waals surface area contributed by atoms with Crippen LogP contribution in [0.1, 0.15) is 45.0 Å². The molecule has 0 aromatic carbocycles. The number of hydrogen-bond donors (Lipinski definition) is 1. The second kappa shape index (κ2) is 3.96. The van der Waals surface area contributed by atoms with E-state index in [2.05, 4.69) is 9.97 Å². The summed E-state index contributed by atoms with van der Waals surface area (Å²) in [7, 11) is 0. The first kappa shape index (κ1) is 11.6. The van der Waals surface area contributed by atoms with E-state index in [1.165, 1.54) is 6.33 Å². The molecule has 1 N–H and O–H groups in total. The molecule has 0 bridgehead atoms. The van der Waals surface area contributed by atoms with Gasteiger partial charge in [-0.25, -0.2) is 9.97 Å². The Bertz CT molecular complexity index is 373. The van der Waals surface area contributed by atoms with E-state index >= 15 is 0 Å². The quantitative estimate of drug-likeness (QED) is 0.824. The van der Waals surface area contributed by atoms with Crippen LogP contribution in [0.3, 0.4) is 0 Å². The number of carboxylic acids is 1. The van der Waals surface area contributed by atoms with Gasteiger partial charge in [-0.15, -0.1) is 0 Å². The zero-order valence-corrected chi connectivity index (χ0v) is 9.48. The highest BCUT2D eigenvalue weighted by Crippen LogP contribution is 2.23. The fourth-order valence-electron chi connectivity index (χ4n) is 1.14. The van der Waals surface area contributed by atoms with Crippen molar-refractivity contribution in [2.24, 2.45) is 0 Å². The smallest absolute Gasteiger partial charge is 0.315 e. The fourth-order valence-corrected chi connectivity index (χ4v) is 1.14. The number of nitrogens with zero attached hydrogens (tertiary/aromatic N) is 2. The Labute approximate surface area is 89.4 Å². The topological polar surface area (TPSA) is 63.1 Å². The summed E-state index contributed by atoms with van der Waals surface area (Å²) in [5, 5.41) is 9.06. The van der Waals surface area contributed by atoms with Crippen molar-refractivity contribution in [1.82, 2.24) is 9.97 Å². The van der Waals surface area contributed by atoms with Crippen LogP contribution in [-0.4, -0.2) is 21.0 Å². The second-order valence-corrected chi connectivity index (χ2v) is 4.41. The van der Waals surface area contributed by atoms with Gasteiger partial charge in [-0.3, -0.25) is 4.79 Å². The van der Waals surface area contributed by atoms with Crippen LogP contribution in [0.2, 0.25) is 0 Å². The zero-order chi connectivity index (χ0) is 11.6. The number of aliphatic carboxylic acids is 1. The van der Waals surface area contributed by atoms with Gasteiger partial charge in [0.15, 0.2) is 0 Å². The van der Waals surface area contributed by atoms with Crippen molar-refractivity contribution in [3.63, 3.8) is 0 Å². The predicted octanol–water partition coefficient (Wildman–Crippen LogP) is 1.96. The Morgan fingerprint density at radius 1 is 1.40 bits per heavy atom. The van der Waals surface area contributed by atoms with Crippen molar-refractivity contribution in [3.8, 4) is 0 Å². The maximum atomic E-state index is 11.0. The van der Waals surface area contributed by atoms with Crippen LogP contribution in [0, 0.1) is 0 Å². The standard InChI is InChI=1S/C11H16N2O2/c1-7(2)8-5-9(13-6-12-8)11(3,4)10(14)15/h5-7H,1-4H3,(H,14,15). The van der Waals surface area contributed by atoms with Gasteiger partial charge >= 0.3 is 5.97 Å². The monoisotopic (exact) mass is 208 g/mol. The Balaban J connectivity index is 3.16. The molecule has 0 amide bonds. The van der Waals surface area contributed by atoms with E-state index in [0.717, 1.165) is 5.69 Å². The molecule has 0 spiro atoms. The van der Waals surface area contributed by atoms with E-state index in [9.17, 15) is 4.79 Å². The number of hydrogen-bond acceptors (Lipinski definition) is 3. The van der Waals surface area contributed by atoms with Gasteiger partial charge in [-0.05, 0) is 25.8 Å². The second-order valence-electron chi connectivity index (χ2n) is 4.41. The summed E-state index contributed by atoms with van der Waals surface area (Å²) in [6.07, 6.45) is 1.43. The van der Waals surface area contributed by atoms with Crippen LogP contribution in [0.5, 0.6) is 0 Å². The van der Waals surface area contributed by atoms with E-state index < -0.39 is 11.4 Å². The van der Waals surface area contributed by atoms with Crippen molar-refractivity contribution < 1.29 is 9.90 Å². The van der Waals surface area contributed by atoms with Gasteiger partial charge in [0.25, 0.3) is 0 Å². The fraction of sp³-hybridized carbons (Fsp3) is 0.545. The molecular formula is C11H16N2O2. The van der Waals surface area contributed by atoms with Gasteiger partial charge in [0, 0.05) is 5.69 Å². The van der Waals surface area contributed by atoms with Crippen LogP contribution in [0.4, 0.5) is 0 Å². The van der Waals surface area contributed by atoms with Crippen molar-refractivity contribution in [1.29, 1.82) is 0 Å². The van der Waals surface area contributed by atoms with E-state index in [-0.39, 0.29) is 5.92 Å². The summed E-state index contributed by atoms with van der Waals surface area (Å²) in [6.45, 7) is 7.31. The highest BCUT2D eigenvalue weighted by atomic mass is 16.4. The molecule has 0 aliphatic heterocycles. The molecule has 0 atom stereocenters. The Kier molecular flexibility index (Phi) is 3.07. The molecule has 0 aliphatic carbocycles. The summed E-state index contributed by atoms with van der Waals surface area (Å²) in [5.74, 6) is -0.604. The molecule has 0 saturated heterocycles. The highest BCUT2D eigenvalue weighted by molar-refractivity contribution is 5.79. The zero-order valence-electron chi connectivity index (χ0n) is 9.48. The van der Waals surface area contributed by atoms with E-state index in [1.54, 1.807) is 19.9 Å². The van der Waals surface area contributed by atoms with Crippen molar-refractivity contribution in [2.75, 3.05) is 0 Å². The molecule has 1 rings (SSSR count). The molecule has 0 radical (unpaired) electrons. The molecular weight excluding hydrogens is 192 g/mol. The summed E-state index contributed by atoms with van der Waals surface area (Å²) in [4.78, 5) is 19.2. The van der Waals surface area contributed by atoms with Crippen LogP contribution < -0.4 is 0 Å². The molecule has 0 aliphatic rings. The van der Waals surface area contributed by atoms with Gasteiger partial charge in [-0.2, -0.15) is 0 Å². The Hall–Kier alpha value is -1.45. The van der Waals surface area contributed by atoms with Crippen LogP contribution in [0.15, 0.2) is 12.4 Å². The molecule has 4 nitrogen and oxygen atoms in total. The van der Waals surface area contributed by atoms with Crippen LogP contribution in [-0.2, 0) is 10.2 Å². The number of aromatic nitrogens is 2. The number of rotatable bonds is 3. The lowest BCUT2D eigenvalue weighted by atomic mass is 9.88. The van der Waals surface area contributed by atoms with E-state index in [4.69, 9.17) is 5.11 Å². The lowest BCUT2D eigenvalue weighted by Gasteiger charge is -2.19. The van der Waals surface area contributed by atoms with Crippen molar-refractivity contribution in [2.45, 2.75) is 39.0 Å². The average Bonchev–Trinajstić information content (AvgIpc) is 2.17. The minimum Gasteiger partial charge on any atom is -0.481 e. The average molecular weight is 208 g/mol. The van der Waals surface area contributed by atoms with E-state index in [0.29, 0.717) is 5.69 Å². The molecule has 1 aromatic heterocycles. The molecule has 1 heterocycles. The van der Waals surface area contributed by atoms with Gasteiger partial charge < -0.3 is 5.11 Å². The maximum absolute atomic E-state index is 11.0. The first-order valence-electron chi connectivity index (χ1n) is 4.91. The summed E-state index contributed by atoms with van der Waals surface area (Å²) >= 11 is 0. The first-order valence-corrected chi connectivity index (χ1v) is 4.91. The van der Waals surface area contributed by atoms with Gasteiger partial charge in [0.1, 0.15) is 11.7 Å². The molecule has 0 saturated carbocycles. The molecule has 15 heavy (non-hydrogen) atoms. The molecule has 0 unspecified atom stereocenters. The minimum absolute atomic E-state index is 0.274. The maximum Gasteiger partial charge on any atom is 0.315 e. The molecule has 1 aromatic rings. The number of carboxylic acid groups (broad SMARTS) is 1. The summed E-state index contributed by atoms with van der Waals surface area (Å²) in [5.41, 5.74) is 0.454. The van der Waals surface area contributed by atoms with Crippen LogP contribution >= 0.6 is 0 Å². The van der Waals surface area contributed by atoms with Crippen molar-refractivity contribution in [3.05, 3.63) is 23.8 Å². The summed E-state index contributed by atoms with van der Waals surface area (Å²) in [6, 6.07) is 1.76. The van der Waals surface area contributed by atoms with Gasteiger partial charge in [0.05, 0.1) is 5.69 Å². The normalized spacial score (nSPS) is 11.8. The van der Waals surface area contributed by atoms with Gasteiger partial charge in [-0.1, -0.05) is 13.8 Å². The SMILES string of the molecule is CC(C)c1cc(C(C)(C)C(=O)O)ncn1. The lowest BCUT2D eigenvalue weighted by molar-refractivity contribution is -0.142. The molecule has 0 fully saturated rings. The highest BCUT2D eigenvalue weighted by Gasteiger charge is 2.31. The third-order valence-electron chi connectivity index (χ3n) is 2.45. The third-order valence-corrected chi connectivity index (χ3v) is 2.45. The summed E-state index contributed by atoms with van der Waals surface area (Å²) < 4.78 is 0. The van der Waals surface area contributed by atoms with E-state index in [1.807, 2.05) is 13.8 Å². The lowest BCUT2D eigenvalue weighted by Crippen LogP contribution is -2.30. The largest absolute Gasteiger partial charge is 0.481 e. The van der Waals surface area contributed by atoms with Gasteiger partial charge in [0.2, 0.25) is 0 Å². The third kappa shape index (κ3) is 2.32. The predicted molar refractivity (Wildman–Crippen MR) is 56.8 cm³/mol. The Morgan fingerprint density at radius 2 is 2.00 bits per heavy atom.